The van der Waals surface area contributed by atoms with Crippen LogP contribution in [-0.4, -0.2) is 42.7 Å². The van der Waals surface area contributed by atoms with Crippen molar-refractivity contribution in [3.63, 3.8) is 0 Å². The zero-order chi connectivity index (χ0) is 20.6. The Morgan fingerprint density at radius 2 is 1.90 bits per heavy atom. The number of amides is 2. The van der Waals surface area contributed by atoms with Gasteiger partial charge in [0.15, 0.2) is 5.72 Å². The molecule has 0 saturated carbocycles. The predicted octanol–water partition coefficient (Wildman–Crippen LogP) is 2.30. The predicted molar refractivity (Wildman–Crippen MR) is 106 cm³/mol. The fourth-order valence-electron chi connectivity index (χ4n) is 4.31. The minimum Gasteiger partial charge on any atom is -0.497 e. The van der Waals surface area contributed by atoms with Crippen molar-refractivity contribution in [3.05, 3.63) is 54.1 Å². The fourth-order valence-corrected chi connectivity index (χ4v) is 4.31. The van der Waals surface area contributed by atoms with Gasteiger partial charge in [0.25, 0.3) is 0 Å². The van der Waals surface area contributed by atoms with Gasteiger partial charge in [-0.25, -0.2) is 0 Å². The summed E-state index contributed by atoms with van der Waals surface area (Å²) < 4.78 is 17.1. The van der Waals surface area contributed by atoms with Gasteiger partial charge >= 0.3 is 0 Å². The zero-order valence-corrected chi connectivity index (χ0v) is 16.5. The number of fused-ring (bicyclic) bond motifs is 4. The first-order valence-electron chi connectivity index (χ1n) is 9.58. The van der Waals surface area contributed by atoms with Crippen LogP contribution in [0.3, 0.4) is 0 Å². The molecule has 2 aliphatic heterocycles. The Morgan fingerprint density at radius 1 is 1.21 bits per heavy atom. The van der Waals surface area contributed by atoms with Gasteiger partial charge in [-0.3, -0.25) is 9.59 Å². The van der Waals surface area contributed by atoms with Crippen LogP contribution in [0.2, 0.25) is 0 Å². The quantitative estimate of drug-likeness (QED) is 0.757. The molecule has 0 radical (unpaired) electrons. The molecule has 4 rings (SSSR count). The summed E-state index contributed by atoms with van der Waals surface area (Å²) in [6.45, 7) is 2.41. The highest BCUT2D eigenvalue weighted by Crippen LogP contribution is 2.49. The first-order chi connectivity index (χ1) is 13.9. The number of rotatable bonds is 6. The lowest BCUT2D eigenvalue weighted by molar-refractivity contribution is -0.176. The molecule has 3 atom stereocenters. The second kappa shape index (κ2) is 7.31. The van der Waals surface area contributed by atoms with Crippen LogP contribution in [0.4, 0.5) is 0 Å². The number of methoxy groups -OCH3 is 1. The molecule has 152 valence electrons. The molecule has 2 bridgehead atoms. The first kappa shape index (κ1) is 19.1. The van der Waals surface area contributed by atoms with Crippen LogP contribution in [0.1, 0.15) is 24.8 Å². The highest BCUT2D eigenvalue weighted by molar-refractivity contribution is 6.01. The molecule has 2 amide bonds. The van der Waals surface area contributed by atoms with E-state index in [0.717, 1.165) is 11.3 Å². The van der Waals surface area contributed by atoms with Crippen molar-refractivity contribution in [3.8, 4) is 17.2 Å². The molecule has 1 fully saturated rings. The molecule has 1 saturated heterocycles. The van der Waals surface area contributed by atoms with Crippen LogP contribution in [0, 0.1) is 5.92 Å². The lowest BCUT2D eigenvalue weighted by Crippen LogP contribution is -2.65. The Bertz CT molecular complexity index is 929. The second-order valence-electron chi connectivity index (χ2n) is 7.52. The molecular formula is C22H24N2O5. The van der Waals surface area contributed by atoms with Crippen LogP contribution < -0.4 is 19.9 Å². The molecule has 2 aromatic carbocycles. The van der Waals surface area contributed by atoms with Crippen molar-refractivity contribution in [2.24, 2.45) is 11.7 Å². The van der Waals surface area contributed by atoms with Crippen molar-refractivity contribution in [1.82, 2.24) is 4.90 Å². The maximum atomic E-state index is 13.2. The van der Waals surface area contributed by atoms with Gasteiger partial charge in [0.05, 0.1) is 13.7 Å². The molecule has 29 heavy (non-hydrogen) atoms. The molecule has 0 unspecified atom stereocenters. The van der Waals surface area contributed by atoms with Gasteiger partial charge in [0, 0.05) is 12.3 Å². The van der Waals surface area contributed by atoms with E-state index in [0.29, 0.717) is 17.9 Å². The van der Waals surface area contributed by atoms with Gasteiger partial charge in [0.2, 0.25) is 11.8 Å². The Morgan fingerprint density at radius 3 is 2.59 bits per heavy atom. The van der Waals surface area contributed by atoms with E-state index in [1.165, 1.54) is 0 Å². The Kier molecular flexibility index (Phi) is 4.82. The molecule has 2 aromatic rings. The highest BCUT2D eigenvalue weighted by atomic mass is 16.5. The van der Waals surface area contributed by atoms with Crippen molar-refractivity contribution >= 4 is 11.8 Å². The lowest BCUT2D eigenvalue weighted by Gasteiger charge is -2.52. The van der Waals surface area contributed by atoms with Gasteiger partial charge in [0.1, 0.15) is 29.8 Å². The van der Waals surface area contributed by atoms with Gasteiger partial charge in [-0.05, 0) is 42.8 Å². The summed E-state index contributed by atoms with van der Waals surface area (Å²) in [7, 11) is 1.60. The third-order valence-electron chi connectivity index (χ3n) is 5.70. The second-order valence-corrected chi connectivity index (χ2v) is 7.52. The summed E-state index contributed by atoms with van der Waals surface area (Å²) in [6, 6.07) is 14.7. The van der Waals surface area contributed by atoms with Crippen molar-refractivity contribution < 1.29 is 23.8 Å². The van der Waals surface area contributed by atoms with E-state index in [4.69, 9.17) is 19.9 Å². The molecule has 2 heterocycles. The van der Waals surface area contributed by atoms with Crippen LogP contribution in [0.5, 0.6) is 17.2 Å². The number of hydrogen-bond donors (Lipinski definition) is 1. The highest BCUT2D eigenvalue weighted by Gasteiger charge is 2.55. The SMILES string of the molecule is COc1ccc(OCCN2C(=O)[C@@H](C(N)=O)[C@H]3C[C@@]2(C)Oc2ccccc23)cc1. The number of likely N-dealkylation sites (tertiary alicyclic amines) is 1. The van der Waals surface area contributed by atoms with Gasteiger partial charge in [-0.1, -0.05) is 18.2 Å². The maximum Gasteiger partial charge on any atom is 0.238 e. The van der Waals surface area contributed by atoms with E-state index in [9.17, 15) is 9.59 Å². The number of nitrogens with two attached hydrogens (primary N) is 1. The summed E-state index contributed by atoms with van der Waals surface area (Å²) in [5.74, 6) is -0.0295. The number of para-hydroxylation sites is 1. The van der Waals surface area contributed by atoms with E-state index in [2.05, 4.69) is 0 Å². The summed E-state index contributed by atoms with van der Waals surface area (Å²) in [5.41, 5.74) is 5.63. The Balaban J connectivity index is 1.55. The van der Waals surface area contributed by atoms with E-state index in [1.807, 2.05) is 31.2 Å². The van der Waals surface area contributed by atoms with Crippen molar-refractivity contribution in [1.29, 1.82) is 0 Å². The molecule has 2 N–H and O–H groups in total. The van der Waals surface area contributed by atoms with Crippen LogP contribution in [-0.2, 0) is 9.59 Å². The number of benzene rings is 2. The standard InChI is InChI=1S/C22H24N2O5/c1-22-13-17(16-5-3-4-6-18(16)29-22)19(20(23)25)21(26)24(22)11-12-28-15-9-7-14(27-2)8-10-15/h3-10,17,19H,11-13H2,1-2H3,(H2,23,25)/t17-,19+,22+/m0/s1. The third-order valence-corrected chi connectivity index (χ3v) is 5.70. The molecule has 0 aromatic heterocycles. The van der Waals surface area contributed by atoms with E-state index in [1.54, 1.807) is 36.3 Å². The van der Waals surface area contributed by atoms with Gasteiger partial charge < -0.3 is 24.8 Å². The molecule has 7 heteroatoms. The number of ether oxygens (including phenoxy) is 3. The number of carbonyl (C=O) groups excluding carboxylic acids is 2. The normalized spacial score (nSPS) is 25.0. The van der Waals surface area contributed by atoms with E-state index >= 15 is 0 Å². The average molecular weight is 396 g/mol. The number of carbonyl (C=O) groups is 2. The molecule has 0 aliphatic carbocycles. The maximum absolute atomic E-state index is 13.2. The number of hydrogen-bond acceptors (Lipinski definition) is 5. The number of nitrogens with zero attached hydrogens (tertiary/aromatic N) is 1. The van der Waals surface area contributed by atoms with Crippen LogP contribution >= 0.6 is 0 Å². The molecule has 0 spiro atoms. The largest absolute Gasteiger partial charge is 0.497 e. The van der Waals surface area contributed by atoms with Crippen LogP contribution in [0.15, 0.2) is 48.5 Å². The topological polar surface area (TPSA) is 91.1 Å². The number of primary amides is 1. The number of piperidine rings is 1. The molecular weight excluding hydrogens is 372 g/mol. The fraction of sp³-hybridized carbons (Fsp3) is 0.364. The van der Waals surface area contributed by atoms with Crippen LogP contribution in [0.25, 0.3) is 0 Å². The third kappa shape index (κ3) is 3.37. The van der Waals surface area contributed by atoms with Gasteiger partial charge in [-0.2, -0.15) is 0 Å². The summed E-state index contributed by atoms with van der Waals surface area (Å²) >= 11 is 0. The minimum atomic E-state index is -0.908. The summed E-state index contributed by atoms with van der Waals surface area (Å²) in [4.78, 5) is 26.9. The van der Waals surface area contributed by atoms with Crippen molar-refractivity contribution in [2.45, 2.75) is 25.0 Å². The summed E-state index contributed by atoms with van der Waals surface area (Å²) in [6.07, 6.45) is 0.506. The Labute approximate surface area is 169 Å². The molecule has 7 nitrogen and oxygen atoms in total. The monoisotopic (exact) mass is 396 g/mol. The van der Waals surface area contributed by atoms with E-state index in [-0.39, 0.29) is 25.0 Å². The lowest BCUT2D eigenvalue weighted by atomic mass is 9.73. The average Bonchev–Trinajstić information content (AvgIpc) is 2.70. The first-order valence-corrected chi connectivity index (χ1v) is 9.58. The Hall–Kier alpha value is -3.22. The smallest absolute Gasteiger partial charge is 0.238 e. The zero-order valence-electron chi connectivity index (χ0n) is 16.5. The van der Waals surface area contributed by atoms with Crippen molar-refractivity contribution in [2.75, 3.05) is 20.3 Å². The summed E-state index contributed by atoms with van der Waals surface area (Å²) in [5, 5.41) is 0. The van der Waals surface area contributed by atoms with E-state index < -0.39 is 17.6 Å². The molecule has 2 aliphatic rings. The van der Waals surface area contributed by atoms with Gasteiger partial charge in [-0.15, -0.1) is 0 Å². The minimum absolute atomic E-state index is 0.259.